The number of anilines is 1. The van der Waals surface area contributed by atoms with Gasteiger partial charge in [0.05, 0.1) is 18.5 Å². The van der Waals surface area contributed by atoms with Crippen LogP contribution in [0.4, 0.5) is 5.69 Å². The number of aromatic nitrogens is 1. The van der Waals surface area contributed by atoms with Gasteiger partial charge in [0.2, 0.25) is 5.91 Å². The molecule has 3 aromatic rings. The van der Waals surface area contributed by atoms with Crippen molar-refractivity contribution in [2.75, 3.05) is 12.4 Å². The van der Waals surface area contributed by atoms with Crippen LogP contribution in [-0.4, -0.2) is 18.0 Å². The molecule has 154 valence electrons. The summed E-state index contributed by atoms with van der Waals surface area (Å²) in [6.45, 7) is 0. The monoisotopic (exact) mass is 400 g/mol. The minimum Gasteiger partial charge on any atom is -0.497 e. The van der Waals surface area contributed by atoms with E-state index in [4.69, 9.17) is 9.72 Å². The summed E-state index contributed by atoms with van der Waals surface area (Å²) >= 11 is 0. The Kier molecular flexibility index (Phi) is 6.43. The van der Waals surface area contributed by atoms with Crippen molar-refractivity contribution < 1.29 is 9.53 Å². The first-order valence-electron chi connectivity index (χ1n) is 10.7. The molecule has 1 aliphatic carbocycles. The van der Waals surface area contributed by atoms with Crippen molar-refractivity contribution in [3.8, 4) is 28.3 Å². The van der Waals surface area contributed by atoms with Crippen molar-refractivity contribution >= 4 is 11.6 Å². The summed E-state index contributed by atoms with van der Waals surface area (Å²) in [4.78, 5) is 17.2. The highest BCUT2D eigenvalue weighted by Crippen LogP contribution is 2.29. The van der Waals surface area contributed by atoms with Crippen LogP contribution in [0.3, 0.4) is 0 Å². The van der Waals surface area contributed by atoms with E-state index in [0.29, 0.717) is 6.42 Å². The van der Waals surface area contributed by atoms with E-state index in [1.807, 2.05) is 66.7 Å². The summed E-state index contributed by atoms with van der Waals surface area (Å²) in [7, 11) is 1.66. The van der Waals surface area contributed by atoms with E-state index in [1.54, 1.807) is 7.11 Å². The van der Waals surface area contributed by atoms with Gasteiger partial charge in [-0.25, -0.2) is 4.98 Å². The predicted molar refractivity (Wildman–Crippen MR) is 121 cm³/mol. The number of rotatable bonds is 7. The molecule has 4 rings (SSSR count). The summed E-state index contributed by atoms with van der Waals surface area (Å²) in [6, 6.07) is 21.8. The van der Waals surface area contributed by atoms with E-state index in [9.17, 15) is 4.79 Å². The lowest BCUT2D eigenvalue weighted by atomic mass is 10.0. The van der Waals surface area contributed by atoms with Crippen LogP contribution < -0.4 is 10.1 Å². The standard InChI is InChI=1S/C26H28N2O2/c1-30-23-15-13-20(14-16-23)24-10-5-11-25(28-24)21-8-4-9-22(18-21)27-26(29)17-12-19-6-2-3-7-19/h4-5,8-11,13-16,18-19H,2-3,6-7,12,17H2,1H3,(H,27,29). The van der Waals surface area contributed by atoms with Crippen molar-refractivity contribution in [3.05, 3.63) is 66.7 Å². The highest BCUT2D eigenvalue weighted by atomic mass is 16.5. The molecule has 1 aliphatic rings. The number of ether oxygens (including phenoxy) is 1. The van der Waals surface area contributed by atoms with E-state index < -0.39 is 0 Å². The maximum Gasteiger partial charge on any atom is 0.224 e. The van der Waals surface area contributed by atoms with Gasteiger partial charge in [-0.1, -0.05) is 43.9 Å². The first kappa shape index (κ1) is 20.1. The van der Waals surface area contributed by atoms with Gasteiger partial charge in [-0.2, -0.15) is 0 Å². The van der Waals surface area contributed by atoms with Crippen LogP contribution in [0.15, 0.2) is 66.7 Å². The summed E-state index contributed by atoms with van der Waals surface area (Å²) in [6.07, 6.45) is 6.78. The van der Waals surface area contributed by atoms with Gasteiger partial charge in [0, 0.05) is 23.2 Å². The molecule has 1 fully saturated rings. The molecular formula is C26H28N2O2. The lowest BCUT2D eigenvalue weighted by molar-refractivity contribution is -0.116. The van der Waals surface area contributed by atoms with Crippen molar-refractivity contribution in [3.63, 3.8) is 0 Å². The van der Waals surface area contributed by atoms with E-state index in [1.165, 1.54) is 25.7 Å². The largest absolute Gasteiger partial charge is 0.497 e. The molecule has 1 saturated carbocycles. The molecule has 4 nitrogen and oxygen atoms in total. The van der Waals surface area contributed by atoms with E-state index in [2.05, 4.69) is 5.32 Å². The molecule has 0 spiro atoms. The maximum absolute atomic E-state index is 12.4. The second-order valence-electron chi connectivity index (χ2n) is 7.95. The molecule has 1 heterocycles. The zero-order valence-corrected chi connectivity index (χ0v) is 17.4. The fourth-order valence-electron chi connectivity index (χ4n) is 4.13. The lowest BCUT2D eigenvalue weighted by Gasteiger charge is -2.11. The summed E-state index contributed by atoms with van der Waals surface area (Å²) < 4.78 is 5.23. The fourth-order valence-corrected chi connectivity index (χ4v) is 4.13. The van der Waals surface area contributed by atoms with E-state index in [-0.39, 0.29) is 5.91 Å². The van der Waals surface area contributed by atoms with Crippen LogP contribution in [0.1, 0.15) is 38.5 Å². The number of benzene rings is 2. The second kappa shape index (κ2) is 9.57. The number of hydrogen-bond donors (Lipinski definition) is 1. The first-order chi connectivity index (χ1) is 14.7. The minimum absolute atomic E-state index is 0.0963. The van der Waals surface area contributed by atoms with Crippen LogP contribution in [0.5, 0.6) is 5.75 Å². The van der Waals surface area contributed by atoms with Gasteiger partial charge in [-0.15, -0.1) is 0 Å². The van der Waals surface area contributed by atoms with Crippen LogP contribution in [0, 0.1) is 5.92 Å². The highest BCUT2D eigenvalue weighted by Gasteiger charge is 2.16. The molecule has 0 radical (unpaired) electrons. The average Bonchev–Trinajstić information content (AvgIpc) is 3.32. The van der Waals surface area contributed by atoms with Gasteiger partial charge < -0.3 is 10.1 Å². The van der Waals surface area contributed by atoms with Crippen LogP contribution in [0.25, 0.3) is 22.5 Å². The number of methoxy groups -OCH3 is 1. The van der Waals surface area contributed by atoms with Gasteiger partial charge in [-0.3, -0.25) is 4.79 Å². The third kappa shape index (κ3) is 5.07. The molecule has 4 heteroatoms. The van der Waals surface area contributed by atoms with Crippen molar-refractivity contribution in [2.24, 2.45) is 5.92 Å². The third-order valence-electron chi connectivity index (χ3n) is 5.83. The molecule has 0 atom stereocenters. The molecule has 30 heavy (non-hydrogen) atoms. The molecular weight excluding hydrogens is 372 g/mol. The highest BCUT2D eigenvalue weighted by molar-refractivity contribution is 5.91. The molecule has 0 bridgehead atoms. The number of hydrogen-bond acceptors (Lipinski definition) is 3. The molecule has 2 aromatic carbocycles. The van der Waals surface area contributed by atoms with Gasteiger partial charge in [0.15, 0.2) is 0 Å². The topological polar surface area (TPSA) is 51.2 Å². The number of pyridine rings is 1. The average molecular weight is 401 g/mol. The quantitative estimate of drug-likeness (QED) is 0.504. The minimum atomic E-state index is 0.0963. The Morgan fingerprint density at radius 3 is 2.40 bits per heavy atom. The molecule has 0 saturated heterocycles. The number of carbonyl (C=O) groups is 1. The smallest absolute Gasteiger partial charge is 0.224 e. The SMILES string of the molecule is COc1ccc(-c2cccc(-c3cccc(NC(=O)CCC4CCCC4)c3)n2)cc1. The molecule has 1 amide bonds. The Morgan fingerprint density at radius 1 is 0.967 bits per heavy atom. The third-order valence-corrected chi connectivity index (χ3v) is 5.83. The Balaban J connectivity index is 1.45. The van der Waals surface area contributed by atoms with Gasteiger partial charge in [-0.05, 0) is 60.9 Å². The predicted octanol–water partition coefficient (Wildman–Crippen LogP) is 6.33. The maximum atomic E-state index is 12.4. The Morgan fingerprint density at radius 2 is 1.67 bits per heavy atom. The second-order valence-corrected chi connectivity index (χ2v) is 7.95. The van der Waals surface area contributed by atoms with E-state index in [0.717, 1.165) is 46.3 Å². The molecule has 1 N–H and O–H groups in total. The van der Waals surface area contributed by atoms with Crippen molar-refractivity contribution in [1.82, 2.24) is 4.98 Å². The lowest BCUT2D eigenvalue weighted by Crippen LogP contribution is -2.12. The van der Waals surface area contributed by atoms with Crippen LogP contribution >= 0.6 is 0 Å². The Labute approximate surface area is 178 Å². The van der Waals surface area contributed by atoms with Crippen LogP contribution in [0.2, 0.25) is 0 Å². The first-order valence-corrected chi connectivity index (χ1v) is 10.7. The van der Waals surface area contributed by atoms with Gasteiger partial charge in [0.1, 0.15) is 5.75 Å². The zero-order chi connectivity index (χ0) is 20.8. The van der Waals surface area contributed by atoms with Gasteiger partial charge >= 0.3 is 0 Å². The van der Waals surface area contributed by atoms with Crippen LogP contribution in [-0.2, 0) is 4.79 Å². The van der Waals surface area contributed by atoms with Crippen molar-refractivity contribution in [1.29, 1.82) is 0 Å². The number of nitrogens with zero attached hydrogens (tertiary/aromatic N) is 1. The molecule has 1 aromatic heterocycles. The summed E-state index contributed by atoms with van der Waals surface area (Å²) in [5.74, 6) is 1.65. The number of carbonyl (C=O) groups excluding carboxylic acids is 1. The summed E-state index contributed by atoms with van der Waals surface area (Å²) in [5.41, 5.74) is 4.63. The fraction of sp³-hybridized carbons (Fsp3) is 0.308. The Bertz CT molecular complexity index is 992. The summed E-state index contributed by atoms with van der Waals surface area (Å²) in [5, 5.41) is 3.05. The normalized spacial score (nSPS) is 13.9. The number of nitrogens with one attached hydrogen (secondary N) is 1. The Hall–Kier alpha value is -3.14. The molecule has 0 aliphatic heterocycles. The molecule has 0 unspecified atom stereocenters. The van der Waals surface area contributed by atoms with E-state index >= 15 is 0 Å². The number of amides is 1. The zero-order valence-electron chi connectivity index (χ0n) is 17.4. The van der Waals surface area contributed by atoms with Gasteiger partial charge in [0.25, 0.3) is 0 Å². The van der Waals surface area contributed by atoms with Crippen molar-refractivity contribution in [2.45, 2.75) is 38.5 Å².